The zero-order valence-electron chi connectivity index (χ0n) is 17.6. The van der Waals surface area contributed by atoms with Crippen molar-refractivity contribution in [1.82, 2.24) is 10.0 Å². The summed E-state index contributed by atoms with van der Waals surface area (Å²) < 4.78 is 11.6. The maximum Gasteiger partial charge on any atom is 0.359 e. The van der Waals surface area contributed by atoms with Crippen LogP contribution in [0.15, 0.2) is 41.8 Å². The lowest BCUT2D eigenvalue weighted by atomic mass is 9.99. The summed E-state index contributed by atoms with van der Waals surface area (Å²) in [7, 11) is -0.871. The summed E-state index contributed by atoms with van der Waals surface area (Å²) in [5.41, 5.74) is 1.34. The van der Waals surface area contributed by atoms with Crippen LogP contribution >= 0.6 is 0 Å². The Morgan fingerprint density at radius 3 is 2.39 bits per heavy atom. The molecule has 1 aromatic carbocycles. The van der Waals surface area contributed by atoms with E-state index in [-0.39, 0.29) is 22.7 Å². The van der Waals surface area contributed by atoms with Gasteiger partial charge in [0.2, 0.25) is 14.2 Å². The summed E-state index contributed by atoms with van der Waals surface area (Å²) >= 11 is 0. The molecule has 1 fully saturated rings. The molecule has 0 radical (unpaired) electrons. The van der Waals surface area contributed by atoms with Crippen LogP contribution in [0.4, 0.5) is 0 Å². The first-order valence-electron chi connectivity index (χ1n) is 9.72. The number of carbonyl (C=O) groups excluding carboxylic acids is 2. The lowest BCUT2D eigenvalue weighted by molar-refractivity contribution is -0.151. The quantitative estimate of drug-likeness (QED) is 0.563. The molecule has 7 heteroatoms. The second kappa shape index (κ2) is 7.37. The Morgan fingerprint density at radius 1 is 1.18 bits per heavy atom. The van der Waals surface area contributed by atoms with E-state index in [2.05, 4.69) is 46.0 Å². The number of carbonyl (C=O) groups is 2. The van der Waals surface area contributed by atoms with Crippen LogP contribution in [0, 0.1) is 0 Å². The molecule has 0 bridgehead atoms. The van der Waals surface area contributed by atoms with E-state index in [9.17, 15) is 9.59 Å². The summed E-state index contributed by atoms with van der Waals surface area (Å²) in [5, 5.41) is 3.44. The van der Waals surface area contributed by atoms with Gasteiger partial charge in [-0.15, -0.1) is 0 Å². The Bertz CT molecular complexity index is 798. The Hall–Kier alpha value is -2.12. The van der Waals surface area contributed by atoms with Gasteiger partial charge in [0, 0.05) is 19.4 Å². The molecule has 6 nitrogen and oxygen atoms in total. The Labute approximate surface area is 168 Å². The van der Waals surface area contributed by atoms with Crippen molar-refractivity contribution in [2.45, 2.75) is 57.8 Å². The van der Waals surface area contributed by atoms with Gasteiger partial charge < -0.3 is 9.16 Å². The number of hydrogen-bond donors (Lipinski definition) is 0. The van der Waals surface area contributed by atoms with Crippen LogP contribution in [0.25, 0.3) is 0 Å². The first-order valence-corrected chi connectivity index (χ1v) is 12.6. The molecule has 1 atom stereocenters. The van der Waals surface area contributed by atoms with Crippen LogP contribution in [0.1, 0.15) is 45.2 Å². The Kier molecular flexibility index (Phi) is 5.42. The maximum absolute atomic E-state index is 12.7. The van der Waals surface area contributed by atoms with Crippen molar-refractivity contribution in [3.8, 4) is 0 Å². The summed E-state index contributed by atoms with van der Waals surface area (Å²) in [5.74, 6) is -0.0587. The van der Waals surface area contributed by atoms with Crippen molar-refractivity contribution in [2.75, 3.05) is 13.7 Å². The average molecular weight is 403 g/mol. The Morgan fingerprint density at radius 2 is 1.82 bits per heavy atom. The number of hydrazine groups is 1. The molecule has 1 amide bonds. The molecule has 28 heavy (non-hydrogen) atoms. The summed E-state index contributed by atoms with van der Waals surface area (Å²) in [6, 6.07) is 10.0. The molecule has 2 aliphatic rings. The number of ether oxygens (including phenoxy) is 1. The lowest BCUT2D eigenvalue weighted by Gasteiger charge is -2.44. The molecule has 2 aliphatic heterocycles. The highest BCUT2D eigenvalue weighted by atomic mass is 28.4. The van der Waals surface area contributed by atoms with Gasteiger partial charge in [0.25, 0.3) is 0 Å². The third-order valence-corrected chi connectivity index (χ3v) is 10.4. The largest absolute Gasteiger partial charge is 0.545 e. The predicted molar refractivity (Wildman–Crippen MR) is 109 cm³/mol. The standard InChI is InChI=1S/C21H30N2O4Si/c1-21(2,3)28(5,6)27-17-14-16(15-10-8-7-9-11-15)22-13-12-18(24)23(22)19(17)20(25)26-4/h7-11,16H,12-14H2,1-6H3. The van der Waals surface area contributed by atoms with Crippen LogP contribution in [-0.4, -0.2) is 43.9 Å². The predicted octanol–water partition coefficient (Wildman–Crippen LogP) is 3.99. The van der Waals surface area contributed by atoms with Gasteiger partial charge in [0.05, 0.1) is 13.2 Å². The normalized spacial score (nSPS) is 21.0. The molecular weight excluding hydrogens is 372 g/mol. The van der Waals surface area contributed by atoms with Gasteiger partial charge in [-0.3, -0.25) is 4.79 Å². The minimum atomic E-state index is -2.21. The second-order valence-corrected chi connectivity index (χ2v) is 13.6. The zero-order valence-corrected chi connectivity index (χ0v) is 18.6. The number of nitrogens with zero attached hydrogens (tertiary/aromatic N) is 2. The SMILES string of the molecule is COC(=O)C1=C(O[Si](C)(C)C(C)(C)C)CC(c2ccccc2)N2CCC(=O)N12. The average Bonchev–Trinajstić information content (AvgIpc) is 3.01. The molecule has 0 spiro atoms. The minimum absolute atomic E-state index is 0.0321. The first-order chi connectivity index (χ1) is 13.1. The molecule has 2 heterocycles. The van der Waals surface area contributed by atoms with E-state index in [1.54, 1.807) is 0 Å². The summed E-state index contributed by atoms with van der Waals surface area (Å²) in [6.45, 7) is 11.3. The van der Waals surface area contributed by atoms with Gasteiger partial charge in [0.1, 0.15) is 5.76 Å². The molecule has 1 saturated heterocycles. The van der Waals surface area contributed by atoms with Gasteiger partial charge in [0.15, 0.2) is 5.70 Å². The van der Waals surface area contributed by atoms with Gasteiger partial charge in [-0.2, -0.15) is 0 Å². The van der Waals surface area contributed by atoms with E-state index < -0.39 is 14.3 Å². The van der Waals surface area contributed by atoms with Gasteiger partial charge in [-0.1, -0.05) is 51.1 Å². The van der Waals surface area contributed by atoms with Crippen molar-refractivity contribution in [3.05, 3.63) is 47.4 Å². The molecule has 0 aromatic heterocycles. The first kappa shape index (κ1) is 20.6. The van der Waals surface area contributed by atoms with E-state index in [4.69, 9.17) is 9.16 Å². The number of hydrogen-bond acceptors (Lipinski definition) is 5. The number of methoxy groups -OCH3 is 1. The molecule has 0 saturated carbocycles. The van der Waals surface area contributed by atoms with Crippen molar-refractivity contribution >= 4 is 20.2 Å². The fourth-order valence-corrected chi connectivity index (χ4v) is 4.52. The molecular formula is C21H30N2O4Si. The van der Waals surface area contributed by atoms with Gasteiger partial charge in [-0.05, 0) is 23.7 Å². The van der Waals surface area contributed by atoms with E-state index in [0.29, 0.717) is 25.1 Å². The number of amides is 1. The van der Waals surface area contributed by atoms with Crippen LogP contribution < -0.4 is 0 Å². The highest BCUT2D eigenvalue weighted by molar-refractivity contribution is 6.74. The van der Waals surface area contributed by atoms with Crippen molar-refractivity contribution in [2.24, 2.45) is 0 Å². The number of esters is 1. The monoisotopic (exact) mass is 402 g/mol. The molecule has 1 aromatic rings. The molecule has 0 aliphatic carbocycles. The van der Waals surface area contributed by atoms with E-state index in [1.165, 1.54) is 12.1 Å². The van der Waals surface area contributed by atoms with Gasteiger partial charge in [-0.25, -0.2) is 14.8 Å². The lowest BCUT2D eigenvalue weighted by Crippen LogP contribution is -2.49. The highest BCUT2D eigenvalue weighted by Crippen LogP contribution is 2.45. The summed E-state index contributed by atoms with van der Waals surface area (Å²) in [6.07, 6.45) is 0.905. The van der Waals surface area contributed by atoms with E-state index in [1.807, 2.05) is 23.2 Å². The Balaban J connectivity index is 2.11. The van der Waals surface area contributed by atoms with Crippen LogP contribution in [-0.2, 0) is 18.8 Å². The zero-order chi connectivity index (χ0) is 20.7. The number of fused-ring (bicyclic) bond motifs is 1. The highest BCUT2D eigenvalue weighted by Gasteiger charge is 2.48. The fraction of sp³-hybridized carbons (Fsp3) is 0.524. The van der Waals surface area contributed by atoms with Crippen molar-refractivity contribution < 1.29 is 18.8 Å². The molecule has 0 N–H and O–H groups in total. The van der Waals surface area contributed by atoms with Crippen molar-refractivity contribution in [3.63, 3.8) is 0 Å². The van der Waals surface area contributed by atoms with E-state index >= 15 is 0 Å². The third kappa shape index (κ3) is 3.60. The van der Waals surface area contributed by atoms with Crippen LogP contribution in [0.2, 0.25) is 18.1 Å². The minimum Gasteiger partial charge on any atom is -0.545 e. The topological polar surface area (TPSA) is 59.1 Å². The van der Waals surface area contributed by atoms with Crippen molar-refractivity contribution in [1.29, 1.82) is 0 Å². The molecule has 1 unspecified atom stereocenters. The smallest absolute Gasteiger partial charge is 0.359 e. The molecule has 3 rings (SSSR count). The maximum atomic E-state index is 12.7. The number of benzene rings is 1. The summed E-state index contributed by atoms with van der Waals surface area (Å²) in [4.78, 5) is 25.4. The van der Waals surface area contributed by atoms with Crippen LogP contribution in [0.3, 0.4) is 0 Å². The fourth-order valence-electron chi connectivity index (χ4n) is 3.42. The van der Waals surface area contributed by atoms with Crippen LogP contribution in [0.5, 0.6) is 0 Å². The molecule has 152 valence electrons. The van der Waals surface area contributed by atoms with E-state index in [0.717, 1.165) is 5.56 Å². The second-order valence-electron chi connectivity index (χ2n) is 8.87. The van der Waals surface area contributed by atoms with Gasteiger partial charge >= 0.3 is 5.97 Å². The third-order valence-electron chi connectivity index (χ3n) is 6.01. The number of rotatable bonds is 4.